The first-order valence-electron chi connectivity index (χ1n) is 7.68. The van der Waals surface area contributed by atoms with Gasteiger partial charge in [0.2, 0.25) is 0 Å². The molecule has 0 amide bonds. The average Bonchev–Trinajstić information content (AvgIpc) is 2.97. The summed E-state index contributed by atoms with van der Waals surface area (Å²) in [4.78, 5) is 0. The molecular formula is C20H22N2. The van der Waals surface area contributed by atoms with Gasteiger partial charge in [0.15, 0.2) is 0 Å². The van der Waals surface area contributed by atoms with E-state index in [0.717, 1.165) is 5.69 Å². The van der Waals surface area contributed by atoms with Crippen LogP contribution in [-0.4, -0.2) is 9.78 Å². The third-order valence-corrected chi connectivity index (χ3v) is 3.96. The molecule has 0 saturated carbocycles. The number of rotatable bonds is 2. The van der Waals surface area contributed by atoms with E-state index in [-0.39, 0.29) is 5.41 Å². The zero-order valence-corrected chi connectivity index (χ0v) is 13.7. The fourth-order valence-electron chi connectivity index (χ4n) is 2.78. The Hall–Kier alpha value is -2.35. The van der Waals surface area contributed by atoms with Gasteiger partial charge in [-0.2, -0.15) is 5.10 Å². The summed E-state index contributed by atoms with van der Waals surface area (Å²) in [6.07, 6.45) is 1.88. The fourth-order valence-corrected chi connectivity index (χ4v) is 2.78. The monoisotopic (exact) mass is 290 g/mol. The molecule has 0 atom stereocenters. The van der Waals surface area contributed by atoms with E-state index in [4.69, 9.17) is 0 Å². The maximum atomic E-state index is 4.53. The predicted octanol–water partition coefficient (Wildman–Crippen LogP) is 5.15. The second-order valence-electron chi connectivity index (χ2n) is 6.74. The predicted molar refractivity (Wildman–Crippen MR) is 92.4 cm³/mol. The Morgan fingerprint density at radius 2 is 1.68 bits per heavy atom. The Morgan fingerprint density at radius 3 is 2.41 bits per heavy atom. The van der Waals surface area contributed by atoms with E-state index in [2.05, 4.69) is 87.4 Å². The molecule has 0 saturated heterocycles. The number of nitrogens with zero attached hydrogens (tertiary/aromatic N) is 2. The van der Waals surface area contributed by atoms with Crippen molar-refractivity contribution >= 4 is 0 Å². The van der Waals surface area contributed by atoms with Crippen LogP contribution in [0.15, 0.2) is 60.8 Å². The number of hydrogen-bond acceptors (Lipinski definition) is 1. The second-order valence-corrected chi connectivity index (χ2v) is 6.74. The summed E-state index contributed by atoms with van der Waals surface area (Å²) in [5.74, 6) is 0. The summed E-state index contributed by atoms with van der Waals surface area (Å²) in [5.41, 5.74) is 6.18. The third-order valence-electron chi connectivity index (χ3n) is 3.96. The summed E-state index contributed by atoms with van der Waals surface area (Å²) >= 11 is 0. The van der Waals surface area contributed by atoms with Crippen LogP contribution >= 0.6 is 0 Å². The SMILES string of the molecule is Cc1ccccc1-c1cccc(-n2nccc2C(C)(C)C)c1. The van der Waals surface area contributed by atoms with Crippen molar-refractivity contribution in [1.29, 1.82) is 0 Å². The van der Waals surface area contributed by atoms with E-state index in [9.17, 15) is 0 Å². The van der Waals surface area contributed by atoms with E-state index < -0.39 is 0 Å². The normalized spacial score (nSPS) is 11.6. The molecule has 112 valence electrons. The molecule has 0 aliphatic heterocycles. The largest absolute Gasteiger partial charge is 0.237 e. The third kappa shape index (κ3) is 2.69. The lowest BCUT2D eigenvalue weighted by Crippen LogP contribution is -2.17. The van der Waals surface area contributed by atoms with Crippen LogP contribution in [0.5, 0.6) is 0 Å². The Morgan fingerprint density at radius 1 is 0.909 bits per heavy atom. The molecule has 0 fully saturated rings. The second kappa shape index (κ2) is 5.45. The van der Waals surface area contributed by atoms with Crippen molar-refractivity contribution in [3.8, 4) is 16.8 Å². The van der Waals surface area contributed by atoms with Crippen molar-refractivity contribution in [3.05, 3.63) is 72.1 Å². The minimum atomic E-state index is 0.0647. The lowest BCUT2D eigenvalue weighted by Gasteiger charge is -2.20. The van der Waals surface area contributed by atoms with Crippen molar-refractivity contribution in [3.63, 3.8) is 0 Å². The van der Waals surface area contributed by atoms with Gasteiger partial charge in [-0.15, -0.1) is 0 Å². The summed E-state index contributed by atoms with van der Waals surface area (Å²) < 4.78 is 2.04. The van der Waals surface area contributed by atoms with Crippen LogP contribution in [-0.2, 0) is 5.41 Å². The summed E-state index contributed by atoms with van der Waals surface area (Å²) in [6.45, 7) is 8.79. The quantitative estimate of drug-likeness (QED) is 0.638. The highest BCUT2D eigenvalue weighted by Crippen LogP contribution is 2.28. The Balaban J connectivity index is 2.10. The molecule has 0 unspecified atom stereocenters. The minimum Gasteiger partial charge on any atom is -0.237 e. The number of aromatic nitrogens is 2. The zero-order chi connectivity index (χ0) is 15.7. The van der Waals surface area contributed by atoms with Gasteiger partial charge in [0.25, 0.3) is 0 Å². The molecule has 0 radical (unpaired) electrons. The van der Waals surface area contributed by atoms with Crippen LogP contribution in [0, 0.1) is 6.92 Å². The maximum Gasteiger partial charge on any atom is 0.0655 e. The summed E-state index contributed by atoms with van der Waals surface area (Å²) in [5, 5.41) is 4.53. The fraction of sp³-hybridized carbons (Fsp3) is 0.250. The molecule has 1 heterocycles. The maximum absolute atomic E-state index is 4.53. The zero-order valence-electron chi connectivity index (χ0n) is 13.7. The highest BCUT2D eigenvalue weighted by atomic mass is 15.3. The number of benzene rings is 2. The molecule has 2 heteroatoms. The van der Waals surface area contributed by atoms with Gasteiger partial charge >= 0.3 is 0 Å². The first-order valence-corrected chi connectivity index (χ1v) is 7.68. The standard InChI is InChI=1S/C20H22N2/c1-15-8-5-6-11-18(15)16-9-7-10-17(14-16)22-19(12-13-21-22)20(2,3)4/h5-14H,1-4H3. The van der Waals surface area contributed by atoms with E-state index in [0.29, 0.717) is 0 Å². The molecule has 0 aliphatic carbocycles. The van der Waals surface area contributed by atoms with Crippen molar-refractivity contribution in [1.82, 2.24) is 9.78 Å². The van der Waals surface area contributed by atoms with Gasteiger partial charge in [0.1, 0.15) is 0 Å². The van der Waals surface area contributed by atoms with Gasteiger partial charge in [0.05, 0.1) is 5.69 Å². The number of aryl methyl sites for hydroxylation is 1. The molecule has 2 aromatic carbocycles. The van der Waals surface area contributed by atoms with Gasteiger partial charge in [-0.25, -0.2) is 4.68 Å². The Bertz CT molecular complexity index is 791. The molecule has 0 aliphatic rings. The molecule has 1 aromatic heterocycles. The molecule has 0 N–H and O–H groups in total. The van der Waals surface area contributed by atoms with Crippen molar-refractivity contribution < 1.29 is 0 Å². The van der Waals surface area contributed by atoms with Gasteiger partial charge in [0, 0.05) is 17.3 Å². The van der Waals surface area contributed by atoms with E-state index in [1.54, 1.807) is 0 Å². The van der Waals surface area contributed by atoms with Crippen LogP contribution in [0.2, 0.25) is 0 Å². The average molecular weight is 290 g/mol. The van der Waals surface area contributed by atoms with Crippen LogP contribution in [0.25, 0.3) is 16.8 Å². The first kappa shape index (κ1) is 14.6. The molecule has 2 nitrogen and oxygen atoms in total. The van der Waals surface area contributed by atoms with Crippen LogP contribution < -0.4 is 0 Å². The topological polar surface area (TPSA) is 17.8 Å². The minimum absolute atomic E-state index is 0.0647. The van der Waals surface area contributed by atoms with Gasteiger partial charge in [-0.3, -0.25) is 0 Å². The molecule has 22 heavy (non-hydrogen) atoms. The summed E-state index contributed by atoms with van der Waals surface area (Å²) in [6, 6.07) is 19.2. The Labute approximate surface area is 132 Å². The highest BCUT2D eigenvalue weighted by molar-refractivity contribution is 5.69. The molecule has 3 aromatic rings. The summed E-state index contributed by atoms with van der Waals surface area (Å²) in [7, 11) is 0. The van der Waals surface area contributed by atoms with Gasteiger partial charge < -0.3 is 0 Å². The van der Waals surface area contributed by atoms with Gasteiger partial charge in [-0.05, 0) is 41.8 Å². The lowest BCUT2D eigenvalue weighted by molar-refractivity contribution is 0.544. The van der Waals surface area contributed by atoms with Crippen LogP contribution in [0.1, 0.15) is 32.0 Å². The van der Waals surface area contributed by atoms with Crippen LogP contribution in [0.3, 0.4) is 0 Å². The smallest absolute Gasteiger partial charge is 0.0655 e. The van der Waals surface area contributed by atoms with Crippen molar-refractivity contribution in [2.75, 3.05) is 0 Å². The van der Waals surface area contributed by atoms with E-state index in [1.807, 2.05) is 10.9 Å². The molecule has 0 bridgehead atoms. The first-order chi connectivity index (χ1) is 10.5. The molecule has 3 rings (SSSR count). The van der Waals surface area contributed by atoms with Gasteiger partial charge in [-0.1, -0.05) is 57.2 Å². The Kier molecular flexibility index (Phi) is 3.61. The molecule has 0 spiro atoms. The van der Waals surface area contributed by atoms with Crippen molar-refractivity contribution in [2.45, 2.75) is 33.1 Å². The van der Waals surface area contributed by atoms with Crippen LogP contribution in [0.4, 0.5) is 0 Å². The highest BCUT2D eigenvalue weighted by Gasteiger charge is 2.19. The lowest BCUT2D eigenvalue weighted by atomic mass is 9.92. The van der Waals surface area contributed by atoms with E-state index in [1.165, 1.54) is 22.4 Å². The van der Waals surface area contributed by atoms with Crippen molar-refractivity contribution in [2.24, 2.45) is 0 Å². The molecular weight excluding hydrogens is 268 g/mol. The number of hydrogen-bond donors (Lipinski definition) is 0. The van der Waals surface area contributed by atoms with E-state index >= 15 is 0 Å².